The van der Waals surface area contributed by atoms with Crippen molar-refractivity contribution in [2.24, 2.45) is 4.99 Å². The molecule has 1 atom stereocenters. The van der Waals surface area contributed by atoms with Gasteiger partial charge in [-0.3, -0.25) is 0 Å². The van der Waals surface area contributed by atoms with Gasteiger partial charge in [0.05, 0.1) is 6.04 Å². The fourth-order valence-electron chi connectivity index (χ4n) is 1.75. The molecule has 0 radical (unpaired) electrons. The molecule has 96 valence electrons. The van der Waals surface area contributed by atoms with Gasteiger partial charge in [-0.15, -0.1) is 0 Å². The van der Waals surface area contributed by atoms with Gasteiger partial charge in [0, 0.05) is 0 Å². The number of halogens is 3. The Bertz CT molecular complexity index is 465. The van der Waals surface area contributed by atoms with Crippen molar-refractivity contribution in [3.05, 3.63) is 48.0 Å². The average molecular weight is 305 g/mol. The van der Waals surface area contributed by atoms with Crippen molar-refractivity contribution >= 4 is 40.7 Å². The molecule has 1 heterocycles. The van der Waals surface area contributed by atoms with Crippen molar-refractivity contribution < 1.29 is 4.74 Å². The van der Waals surface area contributed by atoms with Gasteiger partial charge in [0.25, 0.3) is 3.79 Å². The molecule has 1 unspecified atom stereocenters. The maximum absolute atomic E-state index is 5.83. The summed E-state index contributed by atoms with van der Waals surface area (Å²) in [5, 5.41) is 0. The highest BCUT2D eigenvalue weighted by molar-refractivity contribution is 6.76. The third-order valence-electron chi connectivity index (χ3n) is 2.59. The first kappa shape index (κ1) is 13.7. The van der Waals surface area contributed by atoms with Crippen LogP contribution in [0.1, 0.15) is 18.0 Å². The summed E-state index contributed by atoms with van der Waals surface area (Å²) >= 11 is 17.5. The second-order valence-corrected chi connectivity index (χ2v) is 6.38. The summed E-state index contributed by atoms with van der Waals surface area (Å²) in [5.74, 6) is 0.125. The van der Waals surface area contributed by atoms with E-state index in [4.69, 9.17) is 39.5 Å². The molecule has 0 saturated carbocycles. The van der Waals surface area contributed by atoms with Gasteiger partial charge in [0.2, 0.25) is 5.90 Å². The van der Waals surface area contributed by atoms with Gasteiger partial charge in [-0.25, -0.2) is 4.99 Å². The Morgan fingerprint density at radius 2 is 1.89 bits per heavy atom. The van der Waals surface area contributed by atoms with Crippen LogP contribution in [-0.4, -0.2) is 16.3 Å². The average Bonchev–Trinajstić information content (AvgIpc) is 2.52. The molecule has 1 aliphatic heterocycles. The minimum absolute atomic E-state index is 0.119. The van der Waals surface area contributed by atoms with E-state index in [-0.39, 0.29) is 11.9 Å². The van der Waals surface area contributed by atoms with Crippen molar-refractivity contribution in [3.63, 3.8) is 0 Å². The maximum Gasteiger partial charge on any atom is 0.266 e. The molecule has 0 fully saturated rings. The van der Waals surface area contributed by atoms with Crippen LogP contribution in [0.4, 0.5) is 0 Å². The predicted octanol–water partition coefficient (Wildman–Crippen LogP) is 4.47. The zero-order valence-corrected chi connectivity index (χ0v) is 11.8. The fraction of sp³-hybridized carbons (Fsp3) is 0.308. The summed E-state index contributed by atoms with van der Waals surface area (Å²) in [5.41, 5.74) is 1.98. The highest BCUT2D eigenvalue weighted by atomic mass is 35.6. The molecule has 0 aromatic heterocycles. The van der Waals surface area contributed by atoms with E-state index in [9.17, 15) is 0 Å². The van der Waals surface area contributed by atoms with E-state index < -0.39 is 3.79 Å². The Labute approximate surface area is 121 Å². The summed E-state index contributed by atoms with van der Waals surface area (Å²) in [6.07, 6.45) is 0.689. The van der Waals surface area contributed by atoms with Crippen LogP contribution in [0.3, 0.4) is 0 Å². The van der Waals surface area contributed by atoms with E-state index in [1.165, 1.54) is 0 Å². The Morgan fingerprint density at radius 1 is 1.22 bits per heavy atom. The van der Waals surface area contributed by atoms with E-state index >= 15 is 0 Å². The molecular weight excluding hydrogens is 293 g/mol. The van der Waals surface area contributed by atoms with Crippen LogP contribution in [-0.2, 0) is 4.74 Å². The zero-order chi connectivity index (χ0) is 13.2. The first-order chi connectivity index (χ1) is 8.47. The molecule has 2 rings (SSSR count). The molecule has 0 spiro atoms. The lowest BCUT2D eigenvalue weighted by atomic mass is 10.0. The summed E-state index contributed by atoms with van der Waals surface area (Å²) < 4.78 is 3.74. The molecule has 18 heavy (non-hydrogen) atoms. The summed E-state index contributed by atoms with van der Waals surface area (Å²) in [7, 11) is 0. The van der Waals surface area contributed by atoms with Gasteiger partial charge in [0.1, 0.15) is 6.61 Å². The van der Waals surface area contributed by atoms with Gasteiger partial charge in [-0.2, -0.15) is 0 Å². The highest BCUT2D eigenvalue weighted by Crippen LogP contribution is 2.34. The van der Waals surface area contributed by atoms with Gasteiger partial charge in [0.15, 0.2) is 0 Å². The number of hydrogen-bond donors (Lipinski definition) is 0. The summed E-state index contributed by atoms with van der Waals surface area (Å²) in [6.45, 7) is 4.27. The molecule has 1 aliphatic rings. The number of aliphatic imine (C=N–C) groups is 1. The number of alkyl halides is 3. The molecule has 0 saturated heterocycles. The van der Waals surface area contributed by atoms with Crippen LogP contribution < -0.4 is 0 Å². The second kappa shape index (κ2) is 5.52. The Balaban J connectivity index is 2.34. The van der Waals surface area contributed by atoms with E-state index in [0.29, 0.717) is 13.0 Å². The Hall–Kier alpha value is -0.700. The molecule has 0 N–H and O–H groups in total. The second-order valence-electron chi connectivity index (χ2n) is 4.10. The van der Waals surface area contributed by atoms with Crippen molar-refractivity contribution in [3.8, 4) is 0 Å². The third-order valence-corrected chi connectivity index (χ3v) is 3.08. The number of rotatable bonds is 1. The van der Waals surface area contributed by atoms with Crippen LogP contribution in [0.15, 0.2) is 47.5 Å². The molecule has 1 aromatic carbocycles. The fourth-order valence-corrected chi connectivity index (χ4v) is 2.06. The molecular formula is C13H12Cl3NO. The maximum atomic E-state index is 5.83. The van der Waals surface area contributed by atoms with E-state index in [2.05, 4.69) is 11.6 Å². The monoisotopic (exact) mass is 303 g/mol. The first-order valence-corrected chi connectivity index (χ1v) is 6.59. The van der Waals surface area contributed by atoms with Gasteiger partial charge in [-0.1, -0.05) is 71.7 Å². The normalized spacial score (nSPS) is 20.9. The van der Waals surface area contributed by atoms with Crippen LogP contribution in [0.25, 0.3) is 0 Å². The summed E-state index contributed by atoms with van der Waals surface area (Å²) in [4.78, 5) is 4.41. The van der Waals surface area contributed by atoms with Crippen molar-refractivity contribution in [1.29, 1.82) is 0 Å². The molecule has 5 heteroatoms. The van der Waals surface area contributed by atoms with E-state index in [1.807, 2.05) is 30.3 Å². The zero-order valence-electron chi connectivity index (χ0n) is 9.57. The number of benzene rings is 1. The van der Waals surface area contributed by atoms with Crippen molar-refractivity contribution in [2.75, 3.05) is 6.61 Å². The smallest absolute Gasteiger partial charge is 0.266 e. The molecule has 0 aliphatic carbocycles. The number of hydrogen-bond acceptors (Lipinski definition) is 2. The standard InChI is InChI=1S/C13H12Cl3NO/c1-9-7-11(10-5-3-2-4-6-10)17-12(18-8-9)13(14,15)16/h2-6,11H,1,7-8H2. The van der Waals surface area contributed by atoms with Crippen LogP contribution in [0.5, 0.6) is 0 Å². The van der Waals surface area contributed by atoms with Gasteiger partial charge >= 0.3 is 0 Å². The minimum atomic E-state index is -1.64. The Kier molecular flexibility index (Phi) is 4.21. The number of ether oxygens (including phenoxy) is 1. The third kappa shape index (κ3) is 3.41. The quantitative estimate of drug-likeness (QED) is 0.554. The van der Waals surface area contributed by atoms with Gasteiger partial charge < -0.3 is 4.74 Å². The highest BCUT2D eigenvalue weighted by Gasteiger charge is 2.33. The minimum Gasteiger partial charge on any atom is -0.473 e. The van der Waals surface area contributed by atoms with E-state index in [1.54, 1.807) is 0 Å². The SMILES string of the molecule is C=C1COC(C(Cl)(Cl)Cl)=NC(c2ccccc2)C1. The molecule has 0 bridgehead atoms. The first-order valence-electron chi connectivity index (χ1n) is 5.46. The molecule has 0 amide bonds. The number of nitrogens with zero attached hydrogens (tertiary/aromatic N) is 1. The van der Waals surface area contributed by atoms with Crippen LogP contribution in [0, 0.1) is 0 Å². The topological polar surface area (TPSA) is 21.6 Å². The predicted molar refractivity (Wildman–Crippen MR) is 76.6 cm³/mol. The Morgan fingerprint density at radius 3 is 2.50 bits per heavy atom. The van der Waals surface area contributed by atoms with Gasteiger partial charge in [-0.05, 0) is 17.6 Å². The lowest BCUT2D eigenvalue weighted by molar-refractivity contribution is 0.335. The van der Waals surface area contributed by atoms with E-state index in [0.717, 1.165) is 11.1 Å². The van der Waals surface area contributed by atoms with Crippen molar-refractivity contribution in [1.82, 2.24) is 0 Å². The molecule has 2 nitrogen and oxygen atoms in total. The summed E-state index contributed by atoms with van der Waals surface area (Å²) in [6, 6.07) is 9.71. The molecule has 1 aromatic rings. The van der Waals surface area contributed by atoms with Crippen LogP contribution >= 0.6 is 34.8 Å². The largest absolute Gasteiger partial charge is 0.473 e. The van der Waals surface area contributed by atoms with Crippen LogP contribution in [0.2, 0.25) is 0 Å². The lowest BCUT2D eigenvalue weighted by Crippen LogP contribution is -2.22. The van der Waals surface area contributed by atoms with Crippen molar-refractivity contribution in [2.45, 2.75) is 16.3 Å². The lowest BCUT2D eigenvalue weighted by Gasteiger charge is -2.15.